The highest BCUT2D eigenvalue weighted by Crippen LogP contribution is 2.29. The smallest absolute Gasteiger partial charge is 0.0890 e. The van der Waals surface area contributed by atoms with Crippen molar-refractivity contribution in [2.24, 2.45) is 5.92 Å². The Morgan fingerprint density at radius 3 is 2.90 bits per heavy atom. The minimum Gasteiger partial charge on any atom is -0.381 e. The van der Waals surface area contributed by atoms with Crippen LogP contribution in [0.5, 0.6) is 0 Å². The fourth-order valence-electron chi connectivity index (χ4n) is 2.98. The van der Waals surface area contributed by atoms with Crippen LogP contribution in [0.3, 0.4) is 0 Å². The first-order valence-electron chi connectivity index (χ1n) is 7.40. The summed E-state index contributed by atoms with van der Waals surface area (Å²) in [7, 11) is 0. The van der Waals surface area contributed by atoms with Crippen LogP contribution in [0.4, 0.5) is 0 Å². The topological polar surface area (TPSA) is 47.0 Å². The zero-order chi connectivity index (χ0) is 13.8. The molecule has 2 atom stereocenters. The van der Waals surface area contributed by atoms with Gasteiger partial charge in [-0.25, -0.2) is 0 Å². The second-order valence-corrected chi connectivity index (χ2v) is 5.32. The summed E-state index contributed by atoms with van der Waals surface area (Å²) < 4.78 is 5.65. The van der Waals surface area contributed by atoms with E-state index in [4.69, 9.17) is 4.74 Å². The quantitative estimate of drug-likeness (QED) is 0.928. The first kappa shape index (κ1) is 13.5. The molecule has 2 unspecified atom stereocenters. The molecular weight excluding hydrogens is 250 g/mol. The summed E-state index contributed by atoms with van der Waals surface area (Å²) in [6.07, 6.45) is 5.85. The summed E-state index contributed by atoms with van der Waals surface area (Å²) in [4.78, 5) is 8.74. The van der Waals surface area contributed by atoms with E-state index in [0.717, 1.165) is 37.2 Å². The number of nitrogens with one attached hydrogen (secondary N) is 1. The molecule has 1 fully saturated rings. The van der Waals surface area contributed by atoms with Crippen LogP contribution < -0.4 is 5.32 Å². The van der Waals surface area contributed by atoms with Gasteiger partial charge < -0.3 is 10.1 Å². The molecule has 4 nitrogen and oxygen atoms in total. The molecule has 1 aliphatic rings. The average molecular weight is 271 g/mol. The molecular formula is C16H21N3O. The molecule has 1 aliphatic heterocycles. The van der Waals surface area contributed by atoms with Gasteiger partial charge in [0.1, 0.15) is 0 Å². The summed E-state index contributed by atoms with van der Waals surface area (Å²) in [5.74, 6) is 0.540. The number of aromatic nitrogens is 2. The number of hydrogen-bond donors (Lipinski definition) is 1. The van der Waals surface area contributed by atoms with Crippen LogP contribution in [-0.4, -0.2) is 29.7 Å². The van der Waals surface area contributed by atoms with Gasteiger partial charge >= 0.3 is 0 Å². The predicted molar refractivity (Wildman–Crippen MR) is 79.5 cm³/mol. The van der Waals surface area contributed by atoms with Crippen molar-refractivity contribution >= 4 is 11.0 Å². The van der Waals surface area contributed by atoms with Gasteiger partial charge in [0.15, 0.2) is 0 Å². The van der Waals surface area contributed by atoms with Crippen molar-refractivity contribution in [2.45, 2.75) is 25.8 Å². The number of rotatable bonds is 4. The minimum absolute atomic E-state index is 0.340. The summed E-state index contributed by atoms with van der Waals surface area (Å²) in [6.45, 7) is 4.85. The maximum absolute atomic E-state index is 5.65. The standard InChI is InChI=1S/C16H21N3O/c1-2-17-16(13-4-3-9-20-11-13)12-5-6-14-15(10-12)19-8-7-18-14/h5-8,10,13,16-17H,2-4,9,11H2,1H3. The van der Waals surface area contributed by atoms with Crippen molar-refractivity contribution < 1.29 is 4.74 Å². The van der Waals surface area contributed by atoms with Gasteiger partial charge in [0.05, 0.1) is 17.6 Å². The van der Waals surface area contributed by atoms with E-state index in [-0.39, 0.29) is 0 Å². The van der Waals surface area contributed by atoms with Crippen LogP contribution in [-0.2, 0) is 4.74 Å². The molecule has 1 saturated heterocycles. The van der Waals surface area contributed by atoms with Crippen LogP contribution in [0, 0.1) is 5.92 Å². The maximum Gasteiger partial charge on any atom is 0.0890 e. The van der Waals surface area contributed by atoms with E-state index in [2.05, 4.69) is 40.4 Å². The second kappa shape index (κ2) is 6.29. The number of ether oxygens (including phenoxy) is 1. The van der Waals surface area contributed by atoms with Gasteiger partial charge in [-0.2, -0.15) is 0 Å². The molecule has 1 aromatic heterocycles. The highest BCUT2D eigenvalue weighted by Gasteiger charge is 2.25. The van der Waals surface area contributed by atoms with Gasteiger partial charge in [0, 0.05) is 31.0 Å². The van der Waals surface area contributed by atoms with E-state index in [1.807, 2.05) is 0 Å². The molecule has 0 amide bonds. The van der Waals surface area contributed by atoms with Crippen molar-refractivity contribution in [3.8, 4) is 0 Å². The van der Waals surface area contributed by atoms with Crippen molar-refractivity contribution in [3.05, 3.63) is 36.2 Å². The molecule has 1 aromatic carbocycles. The monoisotopic (exact) mass is 271 g/mol. The highest BCUT2D eigenvalue weighted by molar-refractivity contribution is 5.74. The van der Waals surface area contributed by atoms with Gasteiger partial charge in [0.25, 0.3) is 0 Å². The van der Waals surface area contributed by atoms with Crippen LogP contribution in [0.1, 0.15) is 31.4 Å². The highest BCUT2D eigenvalue weighted by atomic mass is 16.5. The zero-order valence-electron chi connectivity index (χ0n) is 11.9. The van der Waals surface area contributed by atoms with E-state index in [9.17, 15) is 0 Å². The molecule has 2 heterocycles. The normalized spacial score (nSPS) is 20.9. The SMILES string of the molecule is CCNC(c1ccc2nccnc2c1)C1CCCOC1. The molecule has 0 bridgehead atoms. The zero-order valence-corrected chi connectivity index (χ0v) is 11.9. The Labute approximate surface area is 119 Å². The molecule has 0 radical (unpaired) electrons. The average Bonchev–Trinajstić information content (AvgIpc) is 2.53. The second-order valence-electron chi connectivity index (χ2n) is 5.32. The van der Waals surface area contributed by atoms with Crippen molar-refractivity contribution in [1.82, 2.24) is 15.3 Å². The first-order valence-corrected chi connectivity index (χ1v) is 7.40. The Balaban J connectivity index is 1.91. The lowest BCUT2D eigenvalue weighted by molar-refractivity contribution is 0.0393. The van der Waals surface area contributed by atoms with Gasteiger partial charge in [0.2, 0.25) is 0 Å². The Morgan fingerprint density at radius 1 is 1.30 bits per heavy atom. The minimum atomic E-state index is 0.340. The maximum atomic E-state index is 5.65. The molecule has 0 aliphatic carbocycles. The number of hydrogen-bond acceptors (Lipinski definition) is 4. The molecule has 20 heavy (non-hydrogen) atoms. The molecule has 0 spiro atoms. The third-order valence-corrected chi connectivity index (χ3v) is 3.94. The van der Waals surface area contributed by atoms with Crippen LogP contribution in [0.25, 0.3) is 11.0 Å². The first-order chi connectivity index (χ1) is 9.88. The molecule has 1 N–H and O–H groups in total. The lowest BCUT2D eigenvalue weighted by atomic mass is 9.88. The van der Waals surface area contributed by atoms with Gasteiger partial charge in [-0.05, 0) is 37.1 Å². The third-order valence-electron chi connectivity index (χ3n) is 3.94. The number of fused-ring (bicyclic) bond motifs is 1. The number of benzene rings is 1. The van der Waals surface area contributed by atoms with E-state index in [1.165, 1.54) is 12.0 Å². The van der Waals surface area contributed by atoms with Gasteiger partial charge in [-0.3, -0.25) is 9.97 Å². The summed E-state index contributed by atoms with van der Waals surface area (Å²) in [6, 6.07) is 6.72. The van der Waals surface area contributed by atoms with Crippen LogP contribution >= 0.6 is 0 Å². The fourth-order valence-corrected chi connectivity index (χ4v) is 2.98. The van der Waals surface area contributed by atoms with Crippen LogP contribution in [0.15, 0.2) is 30.6 Å². The Morgan fingerprint density at radius 2 is 2.15 bits per heavy atom. The van der Waals surface area contributed by atoms with E-state index >= 15 is 0 Å². The molecule has 0 saturated carbocycles. The lowest BCUT2D eigenvalue weighted by Crippen LogP contribution is -2.33. The van der Waals surface area contributed by atoms with Crippen molar-refractivity contribution in [3.63, 3.8) is 0 Å². The Kier molecular flexibility index (Phi) is 4.23. The molecule has 3 rings (SSSR count). The van der Waals surface area contributed by atoms with Crippen molar-refractivity contribution in [1.29, 1.82) is 0 Å². The third kappa shape index (κ3) is 2.81. The summed E-state index contributed by atoms with van der Waals surface area (Å²) in [5.41, 5.74) is 3.20. The molecule has 106 valence electrons. The lowest BCUT2D eigenvalue weighted by Gasteiger charge is -2.31. The molecule has 2 aromatic rings. The predicted octanol–water partition coefficient (Wildman–Crippen LogP) is 2.71. The Bertz CT molecular complexity index is 566. The summed E-state index contributed by atoms with van der Waals surface area (Å²) >= 11 is 0. The van der Waals surface area contributed by atoms with Gasteiger partial charge in [-0.15, -0.1) is 0 Å². The molecule has 4 heteroatoms. The van der Waals surface area contributed by atoms with E-state index in [0.29, 0.717) is 12.0 Å². The van der Waals surface area contributed by atoms with Crippen LogP contribution in [0.2, 0.25) is 0 Å². The van der Waals surface area contributed by atoms with E-state index < -0.39 is 0 Å². The largest absolute Gasteiger partial charge is 0.381 e. The number of nitrogens with zero attached hydrogens (tertiary/aromatic N) is 2. The Hall–Kier alpha value is -1.52. The van der Waals surface area contributed by atoms with Gasteiger partial charge in [-0.1, -0.05) is 13.0 Å². The fraction of sp³-hybridized carbons (Fsp3) is 0.500. The van der Waals surface area contributed by atoms with E-state index in [1.54, 1.807) is 12.4 Å². The summed E-state index contributed by atoms with van der Waals surface area (Å²) in [5, 5.41) is 3.61. The van der Waals surface area contributed by atoms with Crippen molar-refractivity contribution in [2.75, 3.05) is 19.8 Å².